The molecule has 0 aliphatic heterocycles. The highest BCUT2D eigenvalue weighted by molar-refractivity contribution is 6.32. The summed E-state index contributed by atoms with van der Waals surface area (Å²) >= 11 is 6.10. The molecule has 0 spiro atoms. The van der Waals surface area contributed by atoms with Crippen molar-refractivity contribution in [3.8, 4) is 11.5 Å². The highest BCUT2D eigenvalue weighted by atomic mass is 35.5. The molecule has 0 atom stereocenters. The smallest absolute Gasteiger partial charge is 0.146 e. The summed E-state index contributed by atoms with van der Waals surface area (Å²) in [5.41, 5.74) is 3.06. The molecule has 3 heteroatoms. The average molecular weight is 263 g/mol. The van der Waals surface area contributed by atoms with Crippen LogP contribution in [0.5, 0.6) is 11.5 Å². The lowest BCUT2D eigenvalue weighted by atomic mass is 10.1. The second-order valence-corrected chi connectivity index (χ2v) is 4.76. The number of rotatable bonds is 3. The summed E-state index contributed by atoms with van der Waals surface area (Å²) in [6, 6.07) is 11.3. The van der Waals surface area contributed by atoms with Crippen LogP contribution >= 0.6 is 11.6 Å². The number of aryl methyl sites for hydroxylation is 2. The molecule has 0 amide bonds. The predicted octanol–water partition coefficient (Wildman–Crippen LogP) is 4.24. The zero-order valence-corrected chi connectivity index (χ0v) is 11.2. The third kappa shape index (κ3) is 3.03. The molecule has 0 aromatic heterocycles. The van der Waals surface area contributed by atoms with E-state index in [4.69, 9.17) is 21.4 Å². The minimum Gasteiger partial charge on any atom is -0.456 e. The van der Waals surface area contributed by atoms with Crippen molar-refractivity contribution in [2.24, 2.45) is 0 Å². The van der Waals surface area contributed by atoms with Crippen molar-refractivity contribution in [1.29, 1.82) is 0 Å². The number of halogens is 1. The second-order valence-electron chi connectivity index (χ2n) is 4.35. The molecule has 18 heavy (non-hydrogen) atoms. The van der Waals surface area contributed by atoms with Crippen molar-refractivity contribution in [2.45, 2.75) is 20.5 Å². The van der Waals surface area contributed by atoms with Crippen molar-refractivity contribution in [2.75, 3.05) is 0 Å². The summed E-state index contributed by atoms with van der Waals surface area (Å²) in [4.78, 5) is 0. The van der Waals surface area contributed by atoms with Crippen LogP contribution < -0.4 is 4.74 Å². The molecule has 0 radical (unpaired) electrons. The van der Waals surface area contributed by atoms with Gasteiger partial charge >= 0.3 is 0 Å². The molecular weight excluding hydrogens is 248 g/mol. The van der Waals surface area contributed by atoms with E-state index >= 15 is 0 Å². The maximum absolute atomic E-state index is 9.02. The zero-order chi connectivity index (χ0) is 13.1. The second kappa shape index (κ2) is 5.42. The molecule has 0 unspecified atom stereocenters. The van der Waals surface area contributed by atoms with Crippen molar-refractivity contribution >= 4 is 11.6 Å². The van der Waals surface area contributed by atoms with Crippen LogP contribution in [0.4, 0.5) is 0 Å². The number of benzene rings is 2. The molecule has 0 fully saturated rings. The zero-order valence-electron chi connectivity index (χ0n) is 10.4. The average Bonchev–Trinajstić information content (AvgIpc) is 2.30. The number of aliphatic hydroxyl groups excluding tert-OH is 1. The molecule has 0 aliphatic carbocycles. The SMILES string of the molecule is Cc1cc(C)cc(Oc2ccc(CO)cc2Cl)c1. The molecule has 0 aliphatic rings. The first kappa shape index (κ1) is 12.9. The fraction of sp³-hybridized carbons (Fsp3) is 0.200. The number of aliphatic hydroxyl groups is 1. The van der Waals surface area contributed by atoms with Crippen molar-refractivity contribution in [3.63, 3.8) is 0 Å². The molecule has 2 nitrogen and oxygen atoms in total. The fourth-order valence-corrected chi connectivity index (χ4v) is 2.09. The van der Waals surface area contributed by atoms with Crippen LogP contribution in [0.1, 0.15) is 16.7 Å². The molecule has 0 saturated heterocycles. The first-order chi connectivity index (χ1) is 8.58. The number of hydrogen-bond acceptors (Lipinski definition) is 2. The van der Waals surface area contributed by atoms with E-state index in [-0.39, 0.29) is 6.61 Å². The molecule has 2 rings (SSSR count). The van der Waals surface area contributed by atoms with Gasteiger partial charge in [0.25, 0.3) is 0 Å². The van der Waals surface area contributed by atoms with Gasteiger partial charge in [-0.05, 0) is 54.8 Å². The molecule has 0 heterocycles. The van der Waals surface area contributed by atoms with Gasteiger partial charge in [0.15, 0.2) is 0 Å². The number of hydrogen-bond donors (Lipinski definition) is 1. The van der Waals surface area contributed by atoms with E-state index in [0.29, 0.717) is 10.8 Å². The van der Waals surface area contributed by atoms with Crippen LogP contribution in [0.15, 0.2) is 36.4 Å². The Morgan fingerprint density at radius 2 is 1.72 bits per heavy atom. The van der Waals surface area contributed by atoms with E-state index in [1.54, 1.807) is 18.2 Å². The van der Waals surface area contributed by atoms with E-state index in [9.17, 15) is 0 Å². The van der Waals surface area contributed by atoms with Gasteiger partial charge in [0, 0.05) is 0 Å². The minimum atomic E-state index is -0.0243. The van der Waals surface area contributed by atoms with Gasteiger partial charge < -0.3 is 9.84 Å². The van der Waals surface area contributed by atoms with Crippen LogP contribution in [0.3, 0.4) is 0 Å². The lowest BCUT2D eigenvalue weighted by molar-refractivity contribution is 0.281. The predicted molar refractivity (Wildman–Crippen MR) is 73.4 cm³/mol. The molecule has 2 aromatic rings. The Balaban J connectivity index is 2.28. The van der Waals surface area contributed by atoms with Gasteiger partial charge in [-0.3, -0.25) is 0 Å². The Morgan fingerprint density at radius 3 is 2.28 bits per heavy atom. The van der Waals surface area contributed by atoms with Gasteiger partial charge in [-0.15, -0.1) is 0 Å². The van der Waals surface area contributed by atoms with Gasteiger partial charge in [-0.1, -0.05) is 23.7 Å². The topological polar surface area (TPSA) is 29.5 Å². The summed E-state index contributed by atoms with van der Waals surface area (Å²) in [5, 5.41) is 9.52. The molecular formula is C15H15ClO2. The lowest BCUT2D eigenvalue weighted by Gasteiger charge is -2.10. The first-order valence-electron chi connectivity index (χ1n) is 5.74. The summed E-state index contributed by atoms with van der Waals surface area (Å²) in [7, 11) is 0. The Bertz CT molecular complexity index is 544. The highest BCUT2D eigenvalue weighted by Gasteiger charge is 2.05. The van der Waals surface area contributed by atoms with Crippen LogP contribution in [0.2, 0.25) is 5.02 Å². The number of ether oxygens (including phenoxy) is 1. The Labute approximate surface area is 112 Å². The van der Waals surface area contributed by atoms with Crippen molar-refractivity contribution in [3.05, 3.63) is 58.1 Å². The van der Waals surface area contributed by atoms with E-state index in [1.165, 1.54) is 0 Å². The van der Waals surface area contributed by atoms with Gasteiger partial charge in [0.2, 0.25) is 0 Å². The van der Waals surface area contributed by atoms with E-state index in [0.717, 1.165) is 22.4 Å². The van der Waals surface area contributed by atoms with Gasteiger partial charge in [-0.2, -0.15) is 0 Å². The van der Waals surface area contributed by atoms with Crippen LogP contribution in [0, 0.1) is 13.8 Å². The van der Waals surface area contributed by atoms with Crippen LogP contribution in [-0.2, 0) is 6.61 Å². The Kier molecular flexibility index (Phi) is 3.90. The Hall–Kier alpha value is -1.51. The minimum absolute atomic E-state index is 0.0243. The lowest BCUT2D eigenvalue weighted by Crippen LogP contribution is -1.89. The summed E-state index contributed by atoms with van der Waals surface area (Å²) < 4.78 is 5.76. The molecule has 1 N–H and O–H groups in total. The maximum Gasteiger partial charge on any atom is 0.146 e. The van der Waals surface area contributed by atoms with E-state index < -0.39 is 0 Å². The van der Waals surface area contributed by atoms with Gasteiger partial charge in [0.05, 0.1) is 11.6 Å². The maximum atomic E-state index is 9.02. The molecule has 94 valence electrons. The van der Waals surface area contributed by atoms with Crippen molar-refractivity contribution in [1.82, 2.24) is 0 Å². The van der Waals surface area contributed by atoms with E-state index in [1.807, 2.05) is 26.0 Å². The summed E-state index contributed by atoms with van der Waals surface area (Å²) in [5.74, 6) is 1.37. The van der Waals surface area contributed by atoms with Crippen molar-refractivity contribution < 1.29 is 9.84 Å². The summed E-state index contributed by atoms with van der Waals surface area (Å²) in [6.07, 6.45) is 0. The largest absolute Gasteiger partial charge is 0.456 e. The molecule has 0 bridgehead atoms. The highest BCUT2D eigenvalue weighted by Crippen LogP contribution is 2.31. The van der Waals surface area contributed by atoms with Crippen LogP contribution in [-0.4, -0.2) is 5.11 Å². The summed E-state index contributed by atoms with van der Waals surface area (Å²) in [6.45, 7) is 4.02. The first-order valence-corrected chi connectivity index (χ1v) is 6.12. The third-order valence-electron chi connectivity index (χ3n) is 2.60. The normalized spacial score (nSPS) is 10.4. The molecule has 0 saturated carbocycles. The Morgan fingerprint density at radius 1 is 1.06 bits per heavy atom. The van der Waals surface area contributed by atoms with Crippen LogP contribution in [0.25, 0.3) is 0 Å². The van der Waals surface area contributed by atoms with E-state index in [2.05, 4.69) is 6.07 Å². The quantitative estimate of drug-likeness (QED) is 0.896. The monoisotopic (exact) mass is 262 g/mol. The molecule has 2 aromatic carbocycles. The standard InChI is InChI=1S/C15H15ClO2/c1-10-5-11(2)7-13(6-10)18-15-4-3-12(9-17)8-14(15)16/h3-8,17H,9H2,1-2H3. The van der Waals surface area contributed by atoms with Gasteiger partial charge in [0.1, 0.15) is 11.5 Å². The fourth-order valence-electron chi connectivity index (χ4n) is 1.84. The third-order valence-corrected chi connectivity index (χ3v) is 2.90. The van der Waals surface area contributed by atoms with Gasteiger partial charge in [-0.25, -0.2) is 0 Å².